The van der Waals surface area contributed by atoms with Crippen LogP contribution in [0.3, 0.4) is 0 Å². The van der Waals surface area contributed by atoms with Crippen LogP contribution in [0.2, 0.25) is 0 Å². The van der Waals surface area contributed by atoms with Gasteiger partial charge in [-0.05, 0) is 50.2 Å². The third kappa shape index (κ3) is 4.37. The Morgan fingerprint density at radius 1 is 1.16 bits per heavy atom. The fraction of sp³-hybridized carbons (Fsp3) is 0.278. The minimum atomic E-state index is -3.75. The zero-order valence-electron chi connectivity index (χ0n) is 14.0. The van der Waals surface area contributed by atoms with Crippen molar-refractivity contribution in [2.75, 3.05) is 17.8 Å². The van der Waals surface area contributed by atoms with Gasteiger partial charge in [-0.1, -0.05) is 23.8 Å². The van der Waals surface area contributed by atoms with Crippen LogP contribution in [-0.2, 0) is 10.0 Å². The van der Waals surface area contributed by atoms with Gasteiger partial charge in [-0.3, -0.25) is 9.52 Å². The lowest BCUT2D eigenvalue weighted by atomic mass is 10.2. The molecule has 25 heavy (non-hydrogen) atoms. The van der Waals surface area contributed by atoms with Crippen LogP contribution in [0.1, 0.15) is 22.3 Å². The van der Waals surface area contributed by atoms with E-state index >= 15 is 0 Å². The van der Waals surface area contributed by atoms with Crippen LogP contribution < -0.4 is 15.4 Å². The maximum Gasteiger partial charge on any atom is 0.261 e. The molecule has 1 fully saturated rings. The SMILES string of the molecule is Cc1ccc(NS(=O)(=O)c2cccc(C(=O)NC3CCNC3)c2)cc1. The molecule has 1 aliphatic heterocycles. The molecule has 0 aliphatic carbocycles. The van der Waals surface area contributed by atoms with Gasteiger partial charge in [0.1, 0.15) is 0 Å². The average Bonchev–Trinajstić information content (AvgIpc) is 3.10. The Hall–Kier alpha value is -2.38. The first-order valence-electron chi connectivity index (χ1n) is 8.15. The molecule has 7 heteroatoms. The van der Waals surface area contributed by atoms with Gasteiger partial charge >= 0.3 is 0 Å². The van der Waals surface area contributed by atoms with E-state index in [2.05, 4.69) is 15.4 Å². The van der Waals surface area contributed by atoms with Crippen molar-refractivity contribution >= 4 is 21.6 Å². The molecular weight excluding hydrogens is 338 g/mol. The van der Waals surface area contributed by atoms with Crippen molar-refractivity contribution < 1.29 is 13.2 Å². The molecule has 1 aliphatic rings. The molecule has 0 bridgehead atoms. The fourth-order valence-electron chi connectivity index (χ4n) is 2.69. The molecule has 0 aromatic heterocycles. The summed E-state index contributed by atoms with van der Waals surface area (Å²) >= 11 is 0. The van der Waals surface area contributed by atoms with Gasteiger partial charge in [0.2, 0.25) is 0 Å². The number of amides is 1. The quantitative estimate of drug-likeness (QED) is 0.761. The van der Waals surface area contributed by atoms with Crippen LogP contribution in [0.15, 0.2) is 53.4 Å². The van der Waals surface area contributed by atoms with Crippen molar-refractivity contribution in [3.05, 3.63) is 59.7 Å². The summed E-state index contributed by atoms with van der Waals surface area (Å²) in [5, 5.41) is 6.09. The zero-order valence-corrected chi connectivity index (χ0v) is 14.8. The number of benzene rings is 2. The molecule has 3 rings (SSSR count). The van der Waals surface area contributed by atoms with Gasteiger partial charge in [0.25, 0.3) is 15.9 Å². The molecule has 1 unspecified atom stereocenters. The second kappa shape index (κ2) is 7.25. The predicted octanol–water partition coefficient (Wildman–Crippen LogP) is 1.89. The standard InChI is InChI=1S/C18H21N3O3S/c1-13-5-7-15(8-6-13)21-25(23,24)17-4-2-3-14(11-17)18(22)20-16-9-10-19-12-16/h2-8,11,16,19,21H,9-10,12H2,1H3,(H,20,22). The normalized spacial score (nSPS) is 17.2. The van der Waals surface area contributed by atoms with Crippen LogP contribution in [-0.4, -0.2) is 33.5 Å². The number of sulfonamides is 1. The minimum Gasteiger partial charge on any atom is -0.348 e. The van der Waals surface area contributed by atoms with Crippen LogP contribution >= 0.6 is 0 Å². The molecule has 0 radical (unpaired) electrons. The number of anilines is 1. The summed E-state index contributed by atoms with van der Waals surface area (Å²) in [6.45, 7) is 3.54. The van der Waals surface area contributed by atoms with E-state index in [1.54, 1.807) is 24.3 Å². The van der Waals surface area contributed by atoms with Crippen LogP contribution in [0.5, 0.6) is 0 Å². The topological polar surface area (TPSA) is 87.3 Å². The number of hydrogen-bond acceptors (Lipinski definition) is 4. The van der Waals surface area contributed by atoms with E-state index < -0.39 is 10.0 Å². The number of nitrogens with one attached hydrogen (secondary N) is 3. The van der Waals surface area contributed by atoms with Gasteiger partial charge in [0.15, 0.2) is 0 Å². The van der Waals surface area contributed by atoms with E-state index in [-0.39, 0.29) is 16.8 Å². The van der Waals surface area contributed by atoms with E-state index in [0.29, 0.717) is 11.3 Å². The van der Waals surface area contributed by atoms with Crippen molar-refractivity contribution in [1.82, 2.24) is 10.6 Å². The first-order valence-corrected chi connectivity index (χ1v) is 9.63. The highest BCUT2D eigenvalue weighted by Crippen LogP contribution is 2.18. The van der Waals surface area contributed by atoms with Gasteiger partial charge in [-0.2, -0.15) is 0 Å². The Morgan fingerprint density at radius 2 is 1.92 bits per heavy atom. The van der Waals surface area contributed by atoms with Crippen LogP contribution in [0, 0.1) is 6.92 Å². The monoisotopic (exact) mass is 359 g/mol. The zero-order chi connectivity index (χ0) is 17.9. The molecule has 0 saturated carbocycles. The van der Waals surface area contributed by atoms with Crippen molar-refractivity contribution in [2.24, 2.45) is 0 Å². The van der Waals surface area contributed by atoms with E-state index in [4.69, 9.17) is 0 Å². The number of carbonyl (C=O) groups is 1. The molecule has 1 heterocycles. The van der Waals surface area contributed by atoms with Gasteiger partial charge in [0, 0.05) is 23.8 Å². The van der Waals surface area contributed by atoms with E-state index in [1.807, 2.05) is 19.1 Å². The van der Waals surface area contributed by atoms with Crippen molar-refractivity contribution in [3.8, 4) is 0 Å². The minimum absolute atomic E-state index is 0.0604. The Balaban J connectivity index is 1.77. The van der Waals surface area contributed by atoms with Gasteiger partial charge in [-0.25, -0.2) is 8.42 Å². The summed E-state index contributed by atoms with van der Waals surface area (Å²) in [5.41, 5.74) is 1.86. The number of hydrogen-bond donors (Lipinski definition) is 3. The maximum atomic E-state index is 12.6. The fourth-order valence-corrected chi connectivity index (χ4v) is 3.79. The molecule has 2 aromatic rings. The van der Waals surface area contributed by atoms with Crippen LogP contribution in [0.4, 0.5) is 5.69 Å². The summed E-state index contributed by atoms with van der Waals surface area (Å²) in [4.78, 5) is 12.4. The Morgan fingerprint density at radius 3 is 2.60 bits per heavy atom. The molecule has 1 amide bonds. The Labute approximate surface area is 147 Å². The summed E-state index contributed by atoms with van der Waals surface area (Å²) in [7, 11) is -3.75. The molecule has 1 atom stereocenters. The smallest absolute Gasteiger partial charge is 0.261 e. The van der Waals surface area contributed by atoms with Crippen molar-refractivity contribution in [2.45, 2.75) is 24.3 Å². The molecule has 132 valence electrons. The van der Waals surface area contributed by atoms with Crippen molar-refractivity contribution in [3.63, 3.8) is 0 Å². The molecule has 6 nitrogen and oxygen atoms in total. The summed E-state index contributed by atoms with van der Waals surface area (Å²) < 4.78 is 27.6. The van der Waals surface area contributed by atoms with Gasteiger partial charge < -0.3 is 10.6 Å². The van der Waals surface area contributed by atoms with E-state index in [1.165, 1.54) is 12.1 Å². The number of aryl methyl sites for hydroxylation is 1. The molecule has 3 N–H and O–H groups in total. The maximum absolute atomic E-state index is 12.6. The summed E-state index contributed by atoms with van der Waals surface area (Å²) in [5.74, 6) is -0.263. The highest BCUT2D eigenvalue weighted by Gasteiger charge is 2.20. The lowest BCUT2D eigenvalue weighted by Gasteiger charge is -2.12. The molecule has 2 aromatic carbocycles. The average molecular weight is 359 g/mol. The van der Waals surface area contributed by atoms with Crippen LogP contribution in [0.25, 0.3) is 0 Å². The lowest BCUT2D eigenvalue weighted by molar-refractivity contribution is 0.0940. The molecule has 0 spiro atoms. The first-order chi connectivity index (χ1) is 11.9. The predicted molar refractivity (Wildman–Crippen MR) is 97.2 cm³/mol. The van der Waals surface area contributed by atoms with E-state index in [0.717, 1.165) is 25.1 Å². The molecular formula is C18H21N3O3S. The summed E-state index contributed by atoms with van der Waals surface area (Å²) in [6.07, 6.45) is 0.874. The second-order valence-electron chi connectivity index (χ2n) is 6.16. The summed E-state index contributed by atoms with van der Waals surface area (Å²) in [6, 6.07) is 13.2. The van der Waals surface area contributed by atoms with Crippen molar-refractivity contribution in [1.29, 1.82) is 0 Å². The highest BCUT2D eigenvalue weighted by molar-refractivity contribution is 7.92. The Bertz CT molecular complexity index is 857. The Kier molecular flexibility index (Phi) is 5.06. The van der Waals surface area contributed by atoms with E-state index in [9.17, 15) is 13.2 Å². The third-order valence-corrected chi connectivity index (χ3v) is 5.48. The van der Waals surface area contributed by atoms with Gasteiger partial charge in [0.05, 0.1) is 4.90 Å². The number of carbonyl (C=O) groups excluding carboxylic acids is 1. The lowest BCUT2D eigenvalue weighted by Crippen LogP contribution is -2.36. The molecule has 1 saturated heterocycles. The van der Waals surface area contributed by atoms with Gasteiger partial charge in [-0.15, -0.1) is 0 Å². The third-order valence-electron chi connectivity index (χ3n) is 4.11. The largest absolute Gasteiger partial charge is 0.348 e. The number of rotatable bonds is 5. The first kappa shape index (κ1) is 17.4. The second-order valence-corrected chi connectivity index (χ2v) is 7.84. The highest BCUT2D eigenvalue weighted by atomic mass is 32.2.